The lowest BCUT2D eigenvalue weighted by Crippen LogP contribution is -2.52. The molecule has 2 N–H and O–H groups in total. The molecule has 1 fully saturated rings. The fourth-order valence-electron chi connectivity index (χ4n) is 1.89. The largest absolute Gasteiger partial charge is 0.481 e. The highest BCUT2D eigenvalue weighted by Crippen LogP contribution is 2.24. The molecule has 0 aromatic carbocycles. The van der Waals surface area contributed by atoms with Crippen LogP contribution in [0.2, 0.25) is 0 Å². The number of carboxylic acid groups (broad SMARTS) is 1. The molecule has 6 nitrogen and oxygen atoms in total. The second-order valence-corrected chi connectivity index (χ2v) is 5.89. The first-order valence-corrected chi connectivity index (χ1v) is 7.06. The zero-order valence-corrected chi connectivity index (χ0v) is 11.7. The molecule has 104 valence electrons. The van der Waals surface area contributed by atoms with Gasteiger partial charge in [0, 0.05) is 24.4 Å². The number of urea groups is 1. The second kappa shape index (κ2) is 5.56. The summed E-state index contributed by atoms with van der Waals surface area (Å²) < 4.78 is 0. The average molecular weight is 283 g/mol. The van der Waals surface area contributed by atoms with Crippen LogP contribution in [0.3, 0.4) is 0 Å². The number of amides is 2. The van der Waals surface area contributed by atoms with Crippen molar-refractivity contribution in [1.29, 1.82) is 0 Å². The Morgan fingerprint density at radius 3 is 2.79 bits per heavy atom. The minimum atomic E-state index is -0.813. The summed E-state index contributed by atoms with van der Waals surface area (Å²) in [6.07, 6.45) is 0.124. The van der Waals surface area contributed by atoms with Crippen molar-refractivity contribution in [1.82, 2.24) is 9.88 Å². The SMILES string of the molecule is CC(C)c1csc(NC(=O)N2CC(CC(=O)O)C2)n1. The van der Waals surface area contributed by atoms with Gasteiger partial charge >= 0.3 is 12.0 Å². The van der Waals surface area contributed by atoms with Gasteiger partial charge in [-0.2, -0.15) is 0 Å². The maximum atomic E-state index is 11.8. The maximum absolute atomic E-state index is 11.8. The second-order valence-electron chi connectivity index (χ2n) is 5.03. The number of anilines is 1. The van der Waals surface area contributed by atoms with Crippen molar-refractivity contribution in [2.45, 2.75) is 26.2 Å². The fraction of sp³-hybridized carbons (Fsp3) is 0.583. The first kappa shape index (κ1) is 13.8. The van der Waals surface area contributed by atoms with Crippen LogP contribution in [-0.2, 0) is 4.79 Å². The number of carboxylic acids is 1. The number of aromatic nitrogens is 1. The van der Waals surface area contributed by atoms with Crippen molar-refractivity contribution >= 4 is 28.5 Å². The number of aliphatic carboxylic acids is 1. The third-order valence-corrected chi connectivity index (χ3v) is 3.81. The summed E-state index contributed by atoms with van der Waals surface area (Å²) in [5.74, 6) is -0.400. The predicted octanol–water partition coefficient (Wildman–Crippen LogP) is 2.20. The highest BCUT2D eigenvalue weighted by Gasteiger charge is 2.32. The van der Waals surface area contributed by atoms with Gasteiger partial charge in [-0.3, -0.25) is 10.1 Å². The van der Waals surface area contributed by atoms with Crippen LogP contribution in [0, 0.1) is 5.92 Å². The van der Waals surface area contributed by atoms with Gasteiger partial charge in [-0.1, -0.05) is 13.8 Å². The summed E-state index contributed by atoms with van der Waals surface area (Å²) in [6, 6.07) is -0.203. The van der Waals surface area contributed by atoms with Crippen LogP contribution in [0.25, 0.3) is 0 Å². The first-order valence-electron chi connectivity index (χ1n) is 6.19. The number of nitrogens with zero attached hydrogens (tertiary/aromatic N) is 2. The van der Waals surface area contributed by atoms with Gasteiger partial charge in [0.15, 0.2) is 5.13 Å². The van der Waals surface area contributed by atoms with Gasteiger partial charge in [-0.15, -0.1) is 11.3 Å². The van der Waals surface area contributed by atoms with E-state index in [1.165, 1.54) is 11.3 Å². The minimum Gasteiger partial charge on any atom is -0.481 e. The summed E-state index contributed by atoms with van der Waals surface area (Å²) in [5.41, 5.74) is 0.965. The fourth-order valence-corrected chi connectivity index (χ4v) is 2.75. The number of rotatable bonds is 4. The zero-order valence-electron chi connectivity index (χ0n) is 10.9. The Labute approximate surface area is 115 Å². The molecular formula is C12H17N3O3S. The number of carbonyl (C=O) groups is 2. The maximum Gasteiger partial charge on any atom is 0.323 e. The van der Waals surface area contributed by atoms with Crippen molar-refractivity contribution in [2.75, 3.05) is 18.4 Å². The third kappa shape index (κ3) is 3.44. The highest BCUT2D eigenvalue weighted by atomic mass is 32.1. The quantitative estimate of drug-likeness (QED) is 0.887. The Morgan fingerprint density at radius 1 is 1.58 bits per heavy atom. The summed E-state index contributed by atoms with van der Waals surface area (Å²) in [6.45, 7) is 5.10. The van der Waals surface area contributed by atoms with Gasteiger partial charge in [-0.25, -0.2) is 9.78 Å². The molecular weight excluding hydrogens is 266 g/mol. The summed E-state index contributed by atoms with van der Waals surface area (Å²) >= 11 is 1.41. The van der Waals surface area contributed by atoms with Crippen molar-refractivity contribution in [3.05, 3.63) is 11.1 Å². The van der Waals surface area contributed by atoms with E-state index < -0.39 is 5.97 Å². The number of thiazole rings is 1. The van der Waals surface area contributed by atoms with Crippen LogP contribution in [0.4, 0.5) is 9.93 Å². The van der Waals surface area contributed by atoms with E-state index in [1.54, 1.807) is 4.90 Å². The van der Waals surface area contributed by atoms with Crippen LogP contribution in [0.15, 0.2) is 5.38 Å². The number of nitrogens with one attached hydrogen (secondary N) is 1. The van der Waals surface area contributed by atoms with Gasteiger partial charge in [-0.05, 0) is 5.92 Å². The molecule has 1 aliphatic rings. The lowest BCUT2D eigenvalue weighted by atomic mass is 9.97. The smallest absolute Gasteiger partial charge is 0.323 e. The van der Waals surface area contributed by atoms with Gasteiger partial charge < -0.3 is 10.0 Å². The Morgan fingerprint density at radius 2 is 2.26 bits per heavy atom. The third-order valence-electron chi connectivity index (χ3n) is 3.04. The molecule has 0 saturated carbocycles. The van der Waals surface area contributed by atoms with E-state index in [0.29, 0.717) is 24.1 Å². The van der Waals surface area contributed by atoms with Crippen LogP contribution in [0.1, 0.15) is 31.9 Å². The lowest BCUT2D eigenvalue weighted by Gasteiger charge is -2.38. The van der Waals surface area contributed by atoms with E-state index in [2.05, 4.69) is 10.3 Å². The molecule has 0 atom stereocenters. The number of hydrogen-bond donors (Lipinski definition) is 2. The highest BCUT2D eigenvalue weighted by molar-refractivity contribution is 7.13. The standard InChI is InChI=1S/C12H17N3O3S/c1-7(2)9-6-19-11(13-9)14-12(18)15-4-8(5-15)3-10(16)17/h6-8H,3-5H2,1-2H3,(H,16,17)(H,13,14,18). The van der Waals surface area contributed by atoms with Crippen LogP contribution in [0.5, 0.6) is 0 Å². The molecule has 7 heteroatoms. The van der Waals surface area contributed by atoms with Crippen LogP contribution >= 0.6 is 11.3 Å². The van der Waals surface area contributed by atoms with E-state index in [0.717, 1.165) is 5.69 Å². The zero-order chi connectivity index (χ0) is 14.0. The molecule has 0 spiro atoms. The van der Waals surface area contributed by atoms with Crippen molar-refractivity contribution in [3.8, 4) is 0 Å². The molecule has 0 unspecified atom stereocenters. The molecule has 2 heterocycles. The molecule has 2 rings (SSSR count). The average Bonchev–Trinajstić information content (AvgIpc) is 2.70. The van der Waals surface area contributed by atoms with Gasteiger partial charge in [0.1, 0.15) is 0 Å². The Hall–Kier alpha value is -1.63. The topological polar surface area (TPSA) is 82.5 Å². The van der Waals surface area contributed by atoms with E-state index in [9.17, 15) is 9.59 Å². The van der Waals surface area contributed by atoms with Crippen LogP contribution in [-0.4, -0.2) is 40.1 Å². The monoisotopic (exact) mass is 283 g/mol. The molecule has 1 aliphatic heterocycles. The molecule has 0 bridgehead atoms. The molecule has 1 saturated heterocycles. The van der Waals surface area contributed by atoms with E-state index in [1.807, 2.05) is 19.2 Å². The molecule has 1 aromatic heterocycles. The summed E-state index contributed by atoms with van der Waals surface area (Å²) in [4.78, 5) is 28.3. The normalized spacial score (nSPS) is 15.4. The number of likely N-dealkylation sites (tertiary alicyclic amines) is 1. The van der Waals surface area contributed by atoms with Gasteiger partial charge in [0.2, 0.25) is 0 Å². The predicted molar refractivity (Wildman–Crippen MR) is 72.5 cm³/mol. The number of hydrogen-bond acceptors (Lipinski definition) is 4. The molecule has 19 heavy (non-hydrogen) atoms. The molecule has 2 amide bonds. The van der Waals surface area contributed by atoms with Crippen LogP contribution < -0.4 is 5.32 Å². The van der Waals surface area contributed by atoms with E-state index in [-0.39, 0.29) is 18.4 Å². The van der Waals surface area contributed by atoms with Crippen molar-refractivity contribution in [3.63, 3.8) is 0 Å². The minimum absolute atomic E-state index is 0.0748. The molecule has 1 aromatic rings. The Bertz CT molecular complexity index is 480. The van der Waals surface area contributed by atoms with E-state index >= 15 is 0 Å². The van der Waals surface area contributed by atoms with E-state index in [4.69, 9.17) is 5.11 Å². The van der Waals surface area contributed by atoms with Crippen molar-refractivity contribution in [2.24, 2.45) is 5.92 Å². The van der Waals surface area contributed by atoms with Gasteiger partial charge in [0.25, 0.3) is 0 Å². The van der Waals surface area contributed by atoms with Crippen molar-refractivity contribution < 1.29 is 14.7 Å². The number of carbonyl (C=O) groups excluding carboxylic acids is 1. The lowest BCUT2D eigenvalue weighted by molar-refractivity contribution is -0.139. The Kier molecular flexibility index (Phi) is 4.04. The summed E-state index contributed by atoms with van der Waals surface area (Å²) in [5, 5.41) is 13.9. The molecule has 0 radical (unpaired) electrons. The summed E-state index contributed by atoms with van der Waals surface area (Å²) in [7, 11) is 0. The van der Waals surface area contributed by atoms with Gasteiger partial charge in [0.05, 0.1) is 12.1 Å². The molecule has 0 aliphatic carbocycles. The first-order chi connectivity index (χ1) is 8.95. The Balaban J connectivity index is 1.80.